The van der Waals surface area contributed by atoms with Crippen LogP contribution in [0.15, 0.2) is 70.7 Å². The molecule has 0 bridgehead atoms. The minimum atomic E-state index is -4.55. The van der Waals surface area contributed by atoms with E-state index in [4.69, 9.17) is 5.73 Å². The van der Waals surface area contributed by atoms with Crippen LogP contribution in [0.2, 0.25) is 0 Å². The number of benzene rings is 2. The quantitative estimate of drug-likeness (QED) is 0.584. The summed E-state index contributed by atoms with van der Waals surface area (Å²) < 4.78 is 67.1. The highest BCUT2D eigenvalue weighted by molar-refractivity contribution is 7.89. The normalized spacial score (nSPS) is 20.4. The van der Waals surface area contributed by atoms with Crippen LogP contribution in [0, 0.1) is 0 Å². The van der Waals surface area contributed by atoms with Gasteiger partial charge in [-0.15, -0.1) is 0 Å². The van der Waals surface area contributed by atoms with E-state index in [1.807, 2.05) is 0 Å². The minimum Gasteiger partial charge on any atom is -0.346 e. The van der Waals surface area contributed by atoms with Gasteiger partial charge < -0.3 is 5.32 Å². The molecule has 5 rings (SSSR count). The van der Waals surface area contributed by atoms with Crippen molar-refractivity contribution >= 4 is 22.0 Å². The Morgan fingerprint density at radius 3 is 2.44 bits per heavy atom. The van der Waals surface area contributed by atoms with E-state index >= 15 is 0 Å². The molecule has 1 aromatic heterocycles. The van der Waals surface area contributed by atoms with E-state index in [1.54, 1.807) is 24.3 Å². The second-order valence-electron chi connectivity index (χ2n) is 8.11. The number of nitrogens with two attached hydrogens (primary N) is 1. The van der Waals surface area contributed by atoms with Crippen LogP contribution in [0.1, 0.15) is 23.1 Å². The highest BCUT2D eigenvalue weighted by Gasteiger charge is 2.37. The lowest BCUT2D eigenvalue weighted by atomic mass is 9.89. The molecule has 1 fully saturated rings. The van der Waals surface area contributed by atoms with Crippen LogP contribution in [0.4, 0.5) is 18.9 Å². The molecule has 3 heterocycles. The summed E-state index contributed by atoms with van der Waals surface area (Å²) in [6.45, 7) is 1.01. The first-order valence-corrected chi connectivity index (χ1v) is 11.9. The van der Waals surface area contributed by atoms with Crippen molar-refractivity contribution in [1.82, 2.24) is 9.29 Å². The lowest BCUT2D eigenvalue weighted by molar-refractivity contribution is -0.137. The number of aromatic nitrogens is 1. The number of fused-ring (bicyclic) bond motifs is 1. The van der Waals surface area contributed by atoms with E-state index < -0.39 is 27.4 Å². The maximum Gasteiger partial charge on any atom is 0.418 e. The maximum absolute atomic E-state index is 13.5. The zero-order valence-electron chi connectivity index (χ0n) is 17.7. The van der Waals surface area contributed by atoms with Gasteiger partial charge in [-0.25, -0.2) is 13.4 Å². The number of rotatable bonds is 4. The van der Waals surface area contributed by atoms with Gasteiger partial charge in [-0.05, 0) is 42.3 Å². The summed E-state index contributed by atoms with van der Waals surface area (Å²) in [6, 6.07) is 13.1. The van der Waals surface area contributed by atoms with E-state index in [0.717, 1.165) is 12.5 Å². The van der Waals surface area contributed by atoms with Gasteiger partial charge in [0, 0.05) is 36.1 Å². The number of sulfonamides is 1. The van der Waals surface area contributed by atoms with Crippen LogP contribution in [-0.2, 0) is 21.9 Å². The average molecular weight is 488 g/mol. The summed E-state index contributed by atoms with van der Waals surface area (Å²) in [5.74, 6) is 0. The first-order valence-electron chi connectivity index (χ1n) is 10.5. The predicted octanol–water partition coefficient (Wildman–Crippen LogP) is 3.78. The number of pyridine rings is 1. The number of alkyl halides is 3. The lowest BCUT2D eigenvalue weighted by Crippen LogP contribution is -2.42. The molecule has 1 atom stereocenters. The van der Waals surface area contributed by atoms with Crippen molar-refractivity contribution in [2.24, 2.45) is 10.7 Å². The van der Waals surface area contributed by atoms with Gasteiger partial charge >= 0.3 is 6.18 Å². The van der Waals surface area contributed by atoms with Crippen LogP contribution in [0.25, 0.3) is 11.3 Å². The predicted molar refractivity (Wildman–Crippen MR) is 122 cm³/mol. The number of nitrogens with zero attached hydrogens (tertiary/aromatic N) is 3. The minimum absolute atomic E-state index is 0.169. The van der Waals surface area contributed by atoms with E-state index in [0.29, 0.717) is 29.9 Å². The van der Waals surface area contributed by atoms with Crippen LogP contribution in [-0.4, -0.2) is 37.1 Å². The third-order valence-corrected chi connectivity index (χ3v) is 7.97. The molecular formula is C23H20F3N5O2S. The van der Waals surface area contributed by atoms with E-state index in [1.165, 1.54) is 41.1 Å². The Morgan fingerprint density at radius 1 is 1.06 bits per heavy atom. The monoisotopic (exact) mass is 487 g/mol. The molecule has 1 saturated heterocycles. The third kappa shape index (κ3) is 3.65. The van der Waals surface area contributed by atoms with Crippen molar-refractivity contribution in [3.05, 3.63) is 77.5 Å². The second-order valence-corrected chi connectivity index (χ2v) is 10.0. The zero-order chi connectivity index (χ0) is 24.1. The third-order valence-electron chi connectivity index (χ3n) is 6.05. The number of aliphatic imine (C=N–C) groups is 1. The molecule has 0 aliphatic carbocycles. The van der Waals surface area contributed by atoms with Gasteiger partial charge in [-0.3, -0.25) is 10.7 Å². The molecular weight excluding hydrogens is 467 g/mol. The molecule has 2 aromatic carbocycles. The molecule has 11 heteroatoms. The first-order chi connectivity index (χ1) is 16.1. The molecule has 3 aromatic rings. The Balaban J connectivity index is 1.52. The summed E-state index contributed by atoms with van der Waals surface area (Å²) in [6.07, 6.45) is -1.03. The van der Waals surface area contributed by atoms with Gasteiger partial charge in [-0.1, -0.05) is 24.3 Å². The maximum atomic E-state index is 13.5. The van der Waals surface area contributed by atoms with Gasteiger partial charge in [-0.2, -0.15) is 17.5 Å². The van der Waals surface area contributed by atoms with Crippen LogP contribution < -0.4 is 11.1 Å². The Hall–Kier alpha value is -3.28. The van der Waals surface area contributed by atoms with Crippen LogP contribution >= 0.6 is 0 Å². The molecule has 2 aliphatic heterocycles. The summed E-state index contributed by atoms with van der Waals surface area (Å²) in [4.78, 5) is 8.49. The summed E-state index contributed by atoms with van der Waals surface area (Å²) in [5.41, 5.74) is 6.08. The van der Waals surface area contributed by atoms with E-state index in [2.05, 4.69) is 15.3 Å². The van der Waals surface area contributed by atoms with Crippen molar-refractivity contribution in [2.45, 2.75) is 23.2 Å². The first kappa shape index (κ1) is 22.5. The van der Waals surface area contributed by atoms with Gasteiger partial charge in [0.05, 0.1) is 22.5 Å². The molecule has 34 heavy (non-hydrogen) atoms. The van der Waals surface area contributed by atoms with E-state index in [9.17, 15) is 21.6 Å². The fourth-order valence-electron chi connectivity index (χ4n) is 4.07. The number of hydrogen-bond donors (Lipinski definition) is 2. The fraction of sp³-hybridized carbons (Fsp3) is 0.217. The van der Waals surface area contributed by atoms with Gasteiger partial charge in [0.2, 0.25) is 10.0 Å². The van der Waals surface area contributed by atoms with Gasteiger partial charge in [0.25, 0.3) is 0 Å². The highest BCUT2D eigenvalue weighted by Crippen LogP contribution is 2.41. The number of halogens is 3. The summed E-state index contributed by atoms with van der Waals surface area (Å²) in [7, 11) is -3.54. The molecule has 0 amide bonds. The Labute approximate surface area is 194 Å². The van der Waals surface area contributed by atoms with Crippen molar-refractivity contribution in [3.63, 3.8) is 0 Å². The Kier molecular flexibility index (Phi) is 5.23. The smallest absolute Gasteiger partial charge is 0.346 e. The lowest BCUT2D eigenvalue weighted by Gasteiger charge is -2.32. The highest BCUT2D eigenvalue weighted by atomic mass is 32.2. The largest absolute Gasteiger partial charge is 0.418 e. The van der Waals surface area contributed by atoms with Crippen molar-refractivity contribution < 1.29 is 21.6 Å². The average Bonchev–Trinajstić information content (AvgIpc) is 2.77. The molecule has 0 saturated carbocycles. The Morgan fingerprint density at radius 2 is 1.79 bits per heavy atom. The molecule has 0 spiro atoms. The second kappa shape index (κ2) is 7.90. The zero-order valence-corrected chi connectivity index (χ0v) is 18.6. The summed E-state index contributed by atoms with van der Waals surface area (Å²) >= 11 is 0. The summed E-state index contributed by atoms with van der Waals surface area (Å²) in [5, 5.41) is 2.94. The number of nitrogens with one attached hydrogen (secondary N) is 1. The topological polar surface area (TPSA) is 101 Å². The SMILES string of the molecule is NC1(c2ccc(S(=O)(=O)N3CCC3)cc2)N=CNc2cc(-c3ncccc3C(F)(F)F)ccc21. The molecule has 0 radical (unpaired) electrons. The van der Waals surface area contributed by atoms with Crippen LogP contribution in [0.5, 0.6) is 0 Å². The van der Waals surface area contributed by atoms with Gasteiger partial charge in [0.15, 0.2) is 5.66 Å². The van der Waals surface area contributed by atoms with Gasteiger partial charge in [0.1, 0.15) is 0 Å². The molecule has 7 nitrogen and oxygen atoms in total. The number of hydrogen-bond acceptors (Lipinski definition) is 6. The van der Waals surface area contributed by atoms with Crippen molar-refractivity contribution in [3.8, 4) is 11.3 Å². The number of anilines is 1. The van der Waals surface area contributed by atoms with Crippen LogP contribution in [0.3, 0.4) is 0 Å². The van der Waals surface area contributed by atoms with Crippen molar-refractivity contribution in [1.29, 1.82) is 0 Å². The molecule has 1 unspecified atom stereocenters. The molecule has 176 valence electrons. The van der Waals surface area contributed by atoms with Crippen molar-refractivity contribution in [2.75, 3.05) is 18.4 Å². The molecule has 2 aliphatic rings. The standard InChI is InChI=1S/C23H20F3N5O2S/c24-23(25,26)19-3-1-10-28-21(19)15-4-9-18-20(13-15)29-14-30-22(18,27)16-5-7-17(8-6-16)34(32,33)31-11-2-12-31/h1,3-10,13-14H,2,11-12,27H2,(H,29,30). The fourth-order valence-corrected chi connectivity index (χ4v) is 5.59. The Bertz CT molecular complexity index is 1390. The molecule has 3 N–H and O–H groups in total. The van der Waals surface area contributed by atoms with E-state index in [-0.39, 0.29) is 16.2 Å².